The van der Waals surface area contributed by atoms with Gasteiger partial charge in [-0.25, -0.2) is 15.0 Å². The Bertz CT molecular complexity index is 1150. The molecule has 0 amide bonds. The number of nitrogens with zero attached hydrogens (tertiary/aromatic N) is 3. The number of aromatic amines is 1. The van der Waals surface area contributed by atoms with E-state index in [1.54, 1.807) is 18.2 Å². The van der Waals surface area contributed by atoms with Gasteiger partial charge in [-0.2, -0.15) is 13.2 Å². The first kappa shape index (κ1) is 19.5. The van der Waals surface area contributed by atoms with Crippen LogP contribution in [0.2, 0.25) is 10.0 Å². The minimum absolute atomic E-state index is 0.356. The van der Waals surface area contributed by atoms with Crippen molar-refractivity contribution in [1.82, 2.24) is 19.9 Å². The summed E-state index contributed by atoms with van der Waals surface area (Å²) in [6.07, 6.45) is -2.71. The molecular weight excluding hydrogens is 426 g/mol. The molecule has 0 unspecified atom stereocenters. The number of fused-ring (bicyclic) bond motifs is 1. The second-order valence-electron chi connectivity index (χ2n) is 6.18. The molecule has 0 bridgehead atoms. The van der Waals surface area contributed by atoms with Gasteiger partial charge < -0.3 is 10.3 Å². The second kappa shape index (κ2) is 7.53. The fourth-order valence-electron chi connectivity index (χ4n) is 2.80. The Morgan fingerprint density at radius 3 is 2.31 bits per heavy atom. The highest BCUT2D eigenvalue weighted by molar-refractivity contribution is 6.36. The summed E-state index contributed by atoms with van der Waals surface area (Å²) in [6, 6.07) is 9.89. The minimum atomic E-state index is -4.39. The van der Waals surface area contributed by atoms with Crippen molar-refractivity contribution in [3.8, 4) is 0 Å². The predicted molar refractivity (Wildman–Crippen MR) is 106 cm³/mol. The maximum Gasteiger partial charge on any atom is 0.416 e. The summed E-state index contributed by atoms with van der Waals surface area (Å²) in [6.45, 7) is 0. The smallest absolute Gasteiger partial charge is 0.338 e. The number of aromatic nitrogens is 4. The normalized spacial score (nSPS) is 11.8. The van der Waals surface area contributed by atoms with Crippen LogP contribution >= 0.6 is 23.2 Å². The molecule has 29 heavy (non-hydrogen) atoms. The van der Waals surface area contributed by atoms with Gasteiger partial charge >= 0.3 is 6.18 Å². The Hall–Kier alpha value is -2.84. The van der Waals surface area contributed by atoms with Gasteiger partial charge in [-0.05, 0) is 42.0 Å². The van der Waals surface area contributed by atoms with E-state index in [-0.39, 0.29) is 0 Å². The Labute approximate surface area is 172 Å². The lowest BCUT2D eigenvalue weighted by atomic mass is 10.1. The summed E-state index contributed by atoms with van der Waals surface area (Å²) in [5, 5.41) is 4.02. The summed E-state index contributed by atoms with van der Waals surface area (Å²) in [7, 11) is 0. The zero-order valence-corrected chi connectivity index (χ0v) is 16.1. The van der Waals surface area contributed by atoms with Crippen molar-refractivity contribution in [2.24, 2.45) is 0 Å². The van der Waals surface area contributed by atoms with E-state index in [1.165, 1.54) is 18.5 Å². The van der Waals surface area contributed by atoms with Gasteiger partial charge in [0.15, 0.2) is 11.5 Å². The van der Waals surface area contributed by atoms with Crippen LogP contribution in [0.1, 0.15) is 17.0 Å². The monoisotopic (exact) mass is 437 g/mol. The van der Waals surface area contributed by atoms with Crippen LogP contribution in [0.15, 0.2) is 48.8 Å². The number of alkyl halides is 3. The Morgan fingerprint density at radius 1 is 0.966 bits per heavy atom. The SMILES string of the molecule is FC(F)(F)c1ccc(Nc2ncnc3nc(Cc4c(Cl)cccc4Cl)[nH]c23)cc1. The predicted octanol–water partition coefficient (Wildman–Crippen LogP) is 6.01. The van der Waals surface area contributed by atoms with Crippen LogP contribution in [-0.2, 0) is 12.6 Å². The van der Waals surface area contributed by atoms with E-state index in [0.717, 1.165) is 17.7 Å². The van der Waals surface area contributed by atoms with E-state index >= 15 is 0 Å². The van der Waals surface area contributed by atoms with Gasteiger partial charge in [-0.1, -0.05) is 29.3 Å². The largest absolute Gasteiger partial charge is 0.416 e. The molecule has 2 heterocycles. The Kier molecular flexibility index (Phi) is 5.06. The van der Waals surface area contributed by atoms with Crippen LogP contribution in [0, 0.1) is 0 Å². The fourth-order valence-corrected chi connectivity index (χ4v) is 3.33. The molecule has 0 aliphatic heterocycles. The van der Waals surface area contributed by atoms with E-state index in [9.17, 15) is 13.2 Å². The molecule has 0 aliphatic rings. The van der Waals surface area contributed by atoms with Crippen molar-refractivity contribution in [2.75, 3.05) is 5.32 Å². The summed E-state index contributed by atoms with van der Waals surface area (Å²) >= 11 is 12.4. The average molecular weight is 438 g/mol. The van der Waals surface area contributed by atoms with Gasteiger partial charge in [0.25, 0.3) is 0 Å². The van der Waals surface area contributed by atoms with Crippen molar-refractivity contribution >= 4 is 45.9 Å². The molecule has 0 atom stereocenters. The number of anilines is 2. The second-order valence-corrected chi connectivity index (χ2v) is 7.00. The van der Waals surface area contributed by atoms with E-state index in [2.05, 4.69) is 25.3 Å². The minimum Gasteiger partial charge on any atom is -0.338 e. The first-order valence-electron chi connectivity index (χ1n) is 8.38. The molecule has 5 nitrogen and oxygen atoms in total. The number of hydrogen-bond donors (Lipinski definition) is 2. The fraction of sp³-hybridized carbons (Fsp3) is 0.105. The van der Waals surface area contributed by atoms with E-state index in [4.69, 9.17) is 23.2 Å². The third kappa shape index (κ3) is 4.13. The first-order chi connectivity index (χ1) is 13.8. The number of H-pyrrole nitrogens is 1. The van der Waals surface area contributed by atoms with Crippen molar-refractivity contribution in [1.29, 1.82) is 0 Å². The van der Waals surface area contributed by atoms with Crippen LogP contribution in [0.4, 0.5) is 24.7 Å². The summed E-state index contributed by atoms with van der Waals surface area (Å²) in [5.74, 6) is 0.963. The number of rotatable bonds is 4. The quantitative estimate of drug-likeness (QED) is 0.410. The first-order valence-corrected chi connectivity index (χ1v) is 9.13. The number of hydrogen-bond acceptors (Lipinski definition) is 4. The Balaban J connectivity index is 1.63. The highest BCUT2D eigenvalue weighted by Crippen LogP contribution is 2.31. The number of benzene rings is 2. The molecule has 0 aliphatic carbocycles. The van der Waals surface area contributed by atoms with Crippen molar-refractivity contribution in [2.45, 2.75) is 12.6 Å². The summed E-state index contributed by atoms with van der Waals surface area (Å²) in [5.41, 5.74) is 1.37. The zero-order chi connectivity index (χ0) is 20.6. The standard InChI is InChI=1S/C19H12Cl2F3N5/c20-13-2-1-3-14(21)12(13)8-15-28-16-17(25-9-26-18(16)29-15)27-11-6-4-10(5-7-11)19(22,23)24/h1-7,9H,8H2,(H2,25,26,27,28,29). The number of halogens is 5. The van der Waals surface area contributed by atoms with Crippen LogP contribution in [0.3, 0.4) is 0 Å². The van der Waals surface area contributed by atoms with Crippen molar-refractivity contribution in [3.63, 3.8) is 0 Å². The lowest BCUT2D eigenvalue weighted by Gasteiger charge is -2.09. The van der Waals surface area contributed by atoms with Gasteiger partial charge in [0.05, 0.1) is 5.56 Å². The molecule has 2 aromatic carbocycles. The molecule has 2 N–H and O–H groups in total. The lowest BCUT2D eigenvalue weighted by Crippen LogP contribution is -2.04. The van der Waals surface area contributed by atoms with E-state index < -0.39 is 11.7 Å². The number of nitrogens with one attached hydrogen (secondary N) is 2. The van der Waals surface area contributed by atoms with Gasteiger partial charge in [0, 0.05) is 22.2 Å². The maximum absolute atomic E-state index is 12.7. The summed E-state index contributed by atoms with van der Waals surface area (Å²) in [4.78, 5) is 15.8. The molecule has 0 fully saturated rings. The van der Waals surface area contributed by atoms with Gasteiger partial charge in [-0.3, -0.25) is 0 Å². The summed E-state index contributed by atoms with van der Waals surface area (Å²) < 4.78 is 38.2. The van der Waals surface area contributed by atoms with E-state index in [1.807, 2.05) is 0 Å². The van der Waals surface area contributed by atoms with Crippen LogP contribution < -0.4 is 5.32 Å². The highest BCUT2D eigenvalue weighted by atomic mass is 35.5. The topological polar surface area (TPSA) is 66.5 Å². The number of imidazole rings is 1. The van der Waals surface area contributed by atoms with Crippen LogP contribution in [0.5, 0.6) is 0 Å². The van der Waals surface area contributed by atoms with Gasteiger partial charge in [0.1, 0.15) is 17.7 Å². The van der Waals surface area contributed by atoms with Crippen LogP contribution in [0.25, 0.3) is 11.2 Å². The molecule has 0 radical (unpaired) electrons. The highest BCUT2D eigenvalue weighted by Gasteiger charge is 2.30. The zero-order valence-electron chi connectivity index (χ0n) is 14.6. The van der Waals surface area contributed by atoms with Crippen molar-refractivity contribution < 1.29 is 13.2 Å². The molecule has 4 aromatic rings. The molecule has 0 spiro atoms. The van der Waals surface area contributed by atoms with E-state index in [0.29, 0.717) is 45.0 Å². The van der Waals surface area contributed by atoms with Gasteiger partial charge in [-0.15, -0.1) is 0 Å². The third-order valence-corrected chi connectivity index (χ3v) is 4.93. The molecule has 2 aromatic heterocycles. The maximum atomic E-state index is 12.7. The van der Waals surface area contributed by atoms with Crippen LogP contribution in [-0.4, -0.2) is 19.9 Å². The average Bonchev–Trinajstić information content (AvgIpc) is 3.08. The molecule has 0 saturated heterocycles. The molecule has 10 heteroatoms. The van der Waals surface area contributed by atoms with Gasteiger partial charge in [0.2, 0.25) is 0 Å². The lowest BCUT2D eigenvalue weighted by molar-refractivity contribution is -0.137. The third-order valence-electron chi connectivity index (χ3n) is 4.22. The molecule has 0 saturated carbocycles. The van der Waals surface area contributed by atoms with Crippen molar-refractivity contribution in [3.05, 3.63) is 75.8 Å². The molecule has 148 valence electrons. The Morgan fingerprint density at radius 2 is 1.66 bits per heavy atom. The molecule has 4 rings (SSSR count). The molecular formula is C19H12Cl2F3N5.